The number of likely N-dealkylation sites (tertiary alicyclic amines) is 1. The van der Waals surface area contributed by atoms with Gasteiger partial charge in [0.25, 0.3) is 0 Å². The molecule has 1 saturated heterocycles. The van der Waals surface area contributed by atoms with E-state index in [1.165, 1.54) is 0 Å². The van der Waals surface area contributed by atoms with Crippen LogP contribution in [-0.4, -0.2) is 29.7 Å². The van der Waals surface area contributed by atoms with Crippen molar-refractivity contribution in [3.05, 3.63) is 35.9 Å². The van der Waals surface area contributed by atoms with Gasteiger partial charge in [-0.3, -0.25) is 9.59 Å². The van der Waals surface area contributed by atoms with Crippen LogP contribution in [0.1, 0.15) is 24.8 Å². The van der Waals surface area contributed by atoms with Crippen LogP contribution in [0.5, 0.6) is 0 Å². The van der Waals surface area contributed by atoms with Gasteiger partial charge >= 0.3 is 0 Å². The quantitative estimate of drug-likeness (QED) is 0.778. The van der Waals surface area contributed by atoms with E-state index < -0.39 is 0 Å². The zero-order chi connectivity index (χ0) is 12.1. The molecule has 90 valence electrons. The molecule has 0 aromatic heterocycles. The van der Waals surface area contributed by atoms with Gasteiger partial charge in [0.15, 0.2) is 0 Å². The minimum atomic E-state index is 0.130. The van der Waals surface area contributed by atoms with Crippen LogP contribution in [0.2, 0.25) is 0 Å². The molecule has 0 radical (unpaired) electrons. The van der Waals surface area contributed by atoms with Crippen molar-refractivity contribution in [3.8, 4) is 0 Å². The molecule has 0 N–H and O–H groups in total. The van der Waals surface area contributed by atoms with Crippen molar-refractivity contribution in [1.82, 2.24) is 4.90 Å². The Hall–Kier alpha value is -1.64. The van der Waals surface area contributed by atoms with Crippen molar-refractivity contribution in [2.45, 2.75) is 25.7 Å². The fraction of sp³-hybridized carbons (Fsp3) is 0.429. The summed E-state index contributed by atoms with van der Waals surface area (Å²) in [5, 5.41) is 0. The monoisotopic (exact) mass is 231 g/mol. The molecule has 0 aliphatic carbocycles. The predicted molar refractivity (Wildman–Crippen MR) is 65.6 cm³/mol. The lowest BCUT2D eigenvalue weighted by atomic mass is 10.1. The number of carbonyl (C=O) groups is 2. The summed E-state index contributed by atoms with van der Waals surface area (Å²) in [5.41, 5.74) is 1.04. The first-order valence-corrected chi connectivity index (χ1v) is 6.09. The second kappa shape index (κ2) is 5.62. The second-order valence-electron chi connectivity index (χ2n) is 4.44. The fourth-order valence-corrected chi connectivity index (χ4v) is 2.10. The lowest BCUT2D eigenvalue weighted by molar-refractivity contribution is -0.130. The average molecular weight is 231 g/mol. The van der Waals surface area contributed by atoms with Gasteiger partial charge < -0.3 is 4.90 Å². The highest BCUT2D eigenvalue weighted by atomic mass is 16.2. The van der Waals surface area contributed by atoms with Crippen molar-refractivity contribution in [2.75, 3.05) is 13.1 Å². The second-order valence-corrected chi connectivity index (χ2v) is 4.44. The van der Waals surface area contributed by atoms with Crippen LogP contribution in [0.3, 0.4) is 0 Å². The molecule has 1 fully saturated rings. The van der Waals surface area contributed by atoms with Crippen LogP contribution in [0.15, 0.2) is 30.3 Å². The number of hydrogen-bond acceptors (Lipinski definition) is 2. The van der Waals surface area contributed by atoms with E-state index in [4.69, 9.17) is 0 Å². The minimum Gasteiger partial charge on any atom is -0.342 e. The molecule has 1 heterocycles. The lowest BCUT2D eigenvalue weighted by Crippen LogP contribution is -2.33. The van der Waals surface area contributed by atoms with Gasteiger partial charge in [0.1, 0.15) is 5.78 Å². The average Bonchev–Trinajstić information content (AvgIpc) is 2.55. The maximum atomic E-state index is 12.0. The van der Waals surface area contributed by atoms with Gasteiger partial charge in [0, 0.05) is 25.9 Å². The van der Waals surface area contributed by atoms with E-state index in [0.717, 1.165) is 18.5 Å². The van der Waals surface area contributed by atoms with Gasteiger partial charge in [0.2, 0.25) is 5.91 Å². The van der Waals surface area contributed by atoms with Crippen molar-refractivity contribution < 1.29 is 9.59 Å². The van der Waals surface area contributed by atoms with E-state index in [1.807, 2.05) is 35.2 Å². The molecular formula is C14H17NO2. The zero-order valence-electron chi connectivity index (χ0n) is 9.89. The van der Waals surface area contributed by atoms with Gasteiger partial charge in [-0.05, 0) is 12.0 Å². The van der Waals surface area contributed by atoms with Crippen LogP contribution >= 0.6 is 0 Å². The molecule has 0 unspecified atom stereocenters. The summed E-state index contributed by atoms with van der Waals surface area (Å²) >= 11 is 0. The molecule has 1 aliphatic rings. The van der Waals surface area contributed by atoms with E-state index in [9.17, 15) is 9.59 Å². The maximum absolute atomic E-state index is 12.0. The Bertz CT molecular complexity index is 400. The van der Waals surface area contributed by atoms with E-state index in [0.29, 0.717) is 25.8 Å². The Kier molecular flexibility index (Phi) is 3.91. The molecule has 1 aromatic rings. The molecule has 0 saturated carbocycles. The third-order valence-electron chi connectivity index (χ3n) is 3.10. The largest absolute Gasteiger partial charge is 0.342 e. The number of hydrogen-bond donors (Lipinski definition) is 0. The van der Waals surface area contributed by atoms with Gasteiger partial charge in [-0.1, -0.05) is 30.3 Å². The smallest absolute Gasteiger partial charge is 0.227 e. The van der Waals surface area contributed by atoms with Crippen LogP contribution < -0.4 is 0 Å². The summed E-state index contributed by atoms with van der Waals surface area (Å²) in [5.74, 6) is 0.408. The lowest BCUT2D eigenvalue weighted by Gasteiger charge is -2.19. The highest BCUT2D eigenvalue weighted by Gasteiger charge is 2.18. The minimum absolute atomic E-state index is 0.130. The highest BCUT2D eigenvalue weighted by molar-refractivity contribution is 5.82. The highest BCUT2D eigenvalue weighted by Crippen LogP contribution is 2.09. The third kappa shape index (κ3) is 3.41. The van der Waals surface area contributed by atoms with Crippen LogP contribution in [0.4, 0.5) is 0 Å². The van der Waals surface area contributed by atoms with E-state index in [1.54, 1.807) is 0 Å². The Morgan fingerprint density at radius 2 is 1.88 bits per heavy atom. The van der Waals surface area contributed by atoms with Gasteiger partial charge in [-0.25, -0.2) is 0 Å². The van der Waals surface area contributed by atoms with Crippen molar-refractivity contribution in [2.24, 2.45) is 0 Å². The van der Waals surface area contributed by atoms with E-state index in [-0.39, 0.29) is 11.7 Å². The van der Waals surface area contributed by atoms with Crippen LogP contribution in [0.25, 0.3) is 0 Å². The molecule has 1 aromatic carbocycles. The number of carbonyl (C=O) groups excluding carboxylic acids is 2. The van der Waals surface area contributed by atoms with Crippen molar-refractivity contribution >= 4 is 11.7 Å². The summed E-state index contributed by atoms with van der Waals surface area (Å²) in [7, 11) is 0. The standard InChI is InChI=1S/C14H17NO2/c16-13-7-4-9-15(10-8-13)14(17)11-12-5-2-1-3-6-12/h1-3,5-6H,4,7-11H2. The summed E-state index contributed by atoms with van der Waals surface area (Å²) in [6, 6.07) is 9.74. The van der Waals surface area contributed by atoms with E-state index in [2.05, 4.69) is 0 Å². The predicted octanol–water partition coefficient (Wildman–Crippen LogP) is 1.81. The Labute approximate surface area is 101 Å². The van der Waals surface area contributed by atoms with Crippen molar-refractivity contribution in [1.29, 1.82) is 0 Å². The number of nitrogens with zero attached hydrogens (tertiary/aromatic N) is 1. The number of amides is 1. The molecule has 1 amide bonds. The van der Waals surface area contributed by atoms with Gasteiger partial charge in [-0.15, -0.1) is 0 Å². The molecule has 0 atom stereocenters. The normalized spacial score (nSPS) is 16.7. The molecule has 1 aliphatic heterocycles. The van der Waals surface area contributed by atoms with Crippen LogP contribution in [0, 0.1) is 0 Å². The molecule has 0 bridgehead atoms. The van der Waals surface area contributed by atoms with Gasteiger partial charge in [-0.2, -0.15) is 0 Å². The Morgan fingerprint density at radius 1 is 1.12 bits per heavy atom. The Balaban J connectivity index is 1.93. The topological polar surface area (TPSA) is 37.4 Å². The molecule has 17 heavy (non-hydrogen) atoms. The third-order valence-corrected chi connectivity index (χ3v) is 3.10. The zero-order valence-corrected chi connectivity index (χ0v) is 9.89. The molecular weight excluding hydrogens is 214 g/mol. The fourth-order valence-electron chi connectivity index (χ4n) is 2.10. The van der Waals surface area contributed by atoms with Crippen LogP contribution in [-0.2, 0) is 16.0 Å². The first kappa shape index (κ1) is 11.8. The number of rotatable bonds is 2. The summed E-state index contributed by atoms with van der Waals surface area (Å²) in [6.45, 7) is 1.31. The molecule has 0 spiro atoms. The molecule has 2 rings (SSSR count). The van der Waals surface area contributed by atoms with Gasteiger partial charge in [0.05, 0.1) is 6.42 Å². The van der Waals surface area contributed by atoms with E-state index >= 15 is 0 Å². The maximum Gasteiger partial charge on any atom is 0.227 e. The summed E-state index contributed by atoms with van der Waals surface area (Å²) in [6.07, 6.45) is 2.38. The number of ketones is 1. The SMILES string of the molecule is O=C1CCCN(C(=O)Cc2ccccc2)CC1. The molecule has 3 heteroatoms. The number of benzene rings is 1. The summed E-state index contributed by atoms with van der Waals surface area (Å²) in [4.78, 5) is 25.1. The Morgan fingerprint density at radius 3 is 2.65 bits per heavy atom. The van der Waals surface area contributed by atoms with Crippen molar-refractivity contribution in [3.63, 3.8) is 0 Å². The first-order valence-electron chi connectivity index (χ1n) is 6.09. The molecule has 3 nitrogen and oxygen atoms in total. The summed E-state index contributed by atoms with van der Waals surface area (Å²) < 4.78 is 0. The number of Topliss-reactive ketones (excluding diaryl/α,β-unsaturated/α-hetero) is 1. The first-order chi connectivity index (χ1) is 8.25.